The zero-order valence-electron chi connectivity index (χ0n) is 7.17. The third kappa shape index (κ3) is 1.83. The first-order valence-electron chi connectivity index (χ1n) is 3.57. The molecule has 0 N–H and O–H groups in total. The molecule has 0 radical (unpaired) electrons. The lowest BCUT2D eigenvalue weighted by molar-refractivity contribution is 0.0595. The minimum Gasteiger partial charge on any atom is -0.465 e. The van der Waals surface area contributed by atoms with Crippen LogP contribution < -0.4 is 0 Å². The molecule has 1 rings (SSSR count). The lowest BCUT2D eigenvalue weighted by Gasteiger charge is -2.02. The van der Waals surface area contributed by atoms with Crippen molar-refractivity contribution in [3.8, 4) is 6.07 Å². The fraction of sp³-hybridized carbons (Fsp3) is 0.111. The number of benzene rings is 1. The van der Waals surface area contributed by atoms with Gasteiger partial charge in [0, 0.05) is 0 Å². The molecule has 0 aliphatic heterocycles. The van der Waals surface area contributed by atoms with E-state index < -0.39 is 11.8 Å². The summed E-state index contributed by atoms with van der Waals surface area (Å²) in [4.78, 5) is 11.0. The van der Waals surface area contributed by atoms with E-state index in [4.69, 9.17) is 16.9 Å². The summed E-state index contributed by atoms with van der Waals surface area (Å²) >= 11 is 5.61. The molecular formula is C9H5ClFNO2. The van der Waals surface area contributed by atoms with Gasteiger partial charge in [0.05, 0.1) is 23.3 Å². The van der Waals surface area contributed by atoms with Crippen molar-refractivity contribution in [3.63, 3.8) is 0 Å². The molecule has 0 unspecified atom stereocenters. The summed E-state index contributed by atoms with van der Waals surface area (Å²) < 4.78 is 17.5. The van der Waals surface area contributed by atoms with Crippen LogP contribution in [0, 0.1) is 17.1 Å². The number of rotatable bonds is 1. The quantitative estimate of drug-likeness (QED) is 0.672. The van der Waals surface area contributed by atoms with E-state index in [1.165, 1.54) is 0 Å². The van der Waals surface area contributed by atoms with Gasteiger partial charge in [0.25, 0.3) is 0 Å². The molecule has 3 nitrogen and oxygen atoms in total. The lowest BCUT2D eigenvalue weighted by Crippen LogP contribution is -2.04. The molecule has 0 aliphatic carbocycles. The fourth-order valence-corrected chi connectivity index (χ4v) is 1.10. The summed E-state index contributed by atoms with van der Waals surface area (Å²) in [6.07, 6.45) is 0. The molecule has 14 heavy (non-hydrogen) atoms. The van der Waals surface area contributed by atoms with Crippen molar-refractivity contribution >= 4 is 17.6 Å². The second-order valence-corrected chi connectivity index (χ2v) is 2.82. The first kappa shape index (κ1) is 10.5. The zero-order valence-corrected chi connectivity index (χ0v) is 7.93. The Morgan fingerprint density at radius 2 is 2.29 bits per heavy atom. The second kappa shape index (κ2) is 4.07. The van der Waals surface area contributed by atoms with Crippen LogP contribution in [0.2, 0.25) is 5.02 Å². The van der Waals surface area contributed by atoms with Crippen LogP contribution in [0.1, 0.15) is 15.9 Å². The average Bonchev–Trinajstić information content (AvgIpc) is 2.19. The Morgan fingerprint density at radius 3 is 2.79 bits per heavy atom. The minimum atomic E-state index is -0.825. The first-order valence-corrected chi connectivity index (χ1v) is 3.95. The number of nitrogens with zero attached hydrogens (tertiary/aromatic N) is 1. The topological polar surface area (TPSA) is 50.1 Å². The van der Waals surface area contributed by atoms with Crippen LogP contribution in [-0.2, 0) is 4.74 Å². The van der Waals surface area contributed by atoms with Gasteiger partial charge in [-0.05, 0) is 12.1 Å². The molecule has 1 aromatic carbocycles. The molecule has 0 saturated heterocycles. The van der Waals surface area contributed by atoms with Crippen LogP contribution >= 0.6 is 11.6 Å². The molecule has 0 amide bonds. The number of methoxy groups -OCH3 is 1. The summed E-state index contributed by atoms with van der Waals surface area (Å²) in [7, 11) is 1.13. The molecular weight excluding hydrogens is 209 g/mol. The first-order chi connectivity index (χ1) is 6.60. The molecule has 0 aliphatic rings. The van der Waals surface area contributed by atoms with Crippen LogP contribution in [0.5, 0.6) is 0 Å². The summed E-state index contributed by atoms with van der Waals surface area (Å²) in [6, 6.07) is 3.66. The summed E-state index contributed by atoms with van der Waals surface area (Å²) in [5.74, 6) is -1.65. The zero-order chi connectivity index (χ0) is 10.7. The van der Waals surface area contributed by atoms with E-state index in [1.807, 2.05) is 0 Å². The summed E-state index contributed by atoms with van der Waals surface area (Å²) in [5.41, 5.74) is -0.298. The third-order valence-corrected chi connectivity index (χ3v) is 1.90. The number of ether oxygens (including phenoxy) is 1. The van der Waals surface area contributed by atoms with Crippen molar-refractivity contribution in [1.29, 1.82) is 5.26 Å². The van der Waals surface area contributed by atoms with Gasteiger partial charge in [0.15, 0.2) is 0 Å². The lowest BCUT2D eigenvalue weighted by atomic mass is 10.1. The van der Waals surface area contributed by atoms with Gasteiger partial charge in [-0.3, -0.25) is 0 Å². The van der Waals surface area contributed by atoms with E-state index in [1.54, 1.807) is 6.07 Å². The number of esters is 1. The molecule has 1 aromatic rings. The van der Waals surface area contributed by atoms with Gasteiger partial charge in [0.1, 0.15) is 11.9 Å². The number of hydrogen-bond acceptors (Lipinski definition) is 3. The monoisotopic (exact) mass is 213 g/mol. The highest BCUT2D eigenvalue weighted by Crippen LogP contribution is 2.20. The Hall–Kier alpha value is -1.60. The minimum absolute atomic E-state index is 0.0168. The van der Waals surface area contributed by atoms with Gasteiger partial charge in [0.2, 0.25) is 0 Å². The standard InChI is InChI=1S/C9H5ClFNO2/c1-14-9(13)6-3-7(10)5(4-12)2-8(6)11/h2-3H,1H3. The van der Waals surface area contributed by atoms with Crippen LogP contribution in [0.4, 0.5) is 4.39 Å². The fourth-order valence-electron chi connectivity index (χ4n) is 0.899. The Kier molecular flexibility index (Phi) is 3.05. The third-order valence-electron chi connectivity index (χ3n) is 1.58. The molecule has 0 atom stereocenters. The Bertz CT molecular complexity index is 426. The van der Waals surface area contributed by atoms with E-state index in [2.05, 4.69) is 4.74 Å². The normalized spacial score (nSPS) is 9.29. The van der Waals surface area contributed by atoms with E-state index >= 15 is 0 Å². The van der Waals surface area contributed by atoms with E-state index in [9.17, 15) is 9.18 Å². The van der Waals surface area contributed by atoms with Crippen molar-refractivity contribution in [2.45, 2.75) is 0 Å². The number of carbonyl (C=O) groups excluding carboxylic acids is 1. The van der Waals surface area contributed by atoms with Crippen LogP contribution in [-0.4, -0.2) is 13.1 Å². The number of hydrogen-bond donors (Lipinski definition) is 0. The maximum absolute atomic E-state index is 13.1. The van der Waals surface area contributed by atoms with Crippen molar-refractivity contribution in [2.75, 3.05) is 7.11 Å². The predicted octanol–water partition coefficient (Wildman–Crippen LogP) is 2.14. The van der Waals surface area contributed by atoms with Crippen LogP contribution in [0.15, 0.2) is 12.1 Å². The molecule has 0 spiro atoms. The molecule has 0 fully saturated rings. The van der Waals surface area contributed by atoms with Gasteiger partial charge in [-0.2, -0.15) is 5.26 Å². The second-order valence-electron chi connectivity index (χ2n) is 2.42. The summed E-state index contributed by atoms with van der Waals surface area (Å²) in [6.45, 7) is 0. The van der Waals surface area contributed by atoms with Gasteiger partial charge in [-0.1, -0.05) is 11.6 Å². The van der Waals surface area contributed by atoms with Crippen LogP contribution in [0.25, 0.3) is 0 Å². The summed E-state index contributed by atoms with van der Waals surface area (Å²) in [5, 5.41) is 8.53. The SMILES string of the molecule is COC(=O)c1cc(Cl)c(C#N)cc1F. The van der Waals surface area contributed by atoms with Gasteiger partial charge < -0.3 is 4.74 Å². The van der Waals surface area contributed by atoms with E-state index in [0.29, 0.717) is 0 Å². The van der Waals surface area contributed by atoms with Gasteiger partial charge >= 0.3 is 5.97 Å². The van der Waals surface area contributed by atoms with Crippen molar-refractivity contribution in [3.05, 3.63) is 34.1 Å². The maximum atomic E-state index is 13.1. The average molecular weight is 214 g/mol. The van der Waals surface area contributed by atoms with Crippen molar-refractivity contribution < 1.29 is 13.9 Å². The highest BCUT2D eigenvalue weighted by atomic mass is 35.5. The van der Waals surface area contributed by atoms with Crippen molar-refractivity contribution in [2.24, 2.45) is 0 Å². The van der Waals surface area contributed by atoms with Gasteiger partial charge in [-0.25, -0.2) is 9.18 Å². The predicted molar refractivity (Wildman–Crippen MR) is 47.5 cm³/mol. The van der Waals surface area contributed by atoms with Crippen LogP contribution in [0.3, 0.4) is 0 Å². The molecule has 0 aromatic heterocycles. The van der Waals surface area contributed by atoms with Gasteiger partial charge in [-0.15, -0.1) is 0 Å². The molecule has 72 valence electrons. The Labute approximate surface area is 84.7 Å². The van der Waals surface area contributed by atoms with E-state index in [-0.39, 0.29) is 16.1 Å². The Morgan fingerprint density at radius 1 is 1.64 bits per heavy atom. The highest BCUT2D eigenvalue weighted by molar-refractivity contribution is 6.32. The molecule has 0 heterocycles. The smallest absolute Gasteiger partial charge is 0.340 e. The molecule has 0 bridgehead atoms. The largest absolute Gasteiger partial charge is 0.465 e. The maximum Gasteiger partial charge on any atom is 0.340 e. The highest BCUT2D eigenvalue weighted by Gasteiger charge is 2.15. The Balaban J connectivity index is 3.30. The number of nitriles is 1. The van der Waals surface area contributed by atoms with E-state index in [0.717, 1.165) is 19.2 Å². The number of carbonyl (C=O) groups is 1. The molecule has 0 saturated carbocycles. The molecule has 5 heteroatoms. The van der Waals surface area contributed by atoms with Crippen molar-refractivity contribution in [1.82, 2.24) is 0 Å². The number of halogens is 2.